The fraction of sp³-hybridized carbons (Fsp3) is 0.375. The topological polar surface area (TPSA) is 68.0 Å². The van der Waals surface area contributed by atoms with Gasteiger partial charge in [0, 0.05) is 16.9 Å². The standard InChI is InChI=1S/C16H18ClN3OS.ClH/c17-12-5-3-4-11(8-12)16(6-1-2-7-16)20-15(21)13-10-22-14(9-18)19-13;/h3-5,8,10H,1-2,6-7,9,18H2,(H,20,21);1H. The lowest BCUT2D eigenvalue weighted by Crippen LogP contribution is -2.44. The lowest BCUT2D eigenvalue weighted by molar-refractivity contribution is 0.0893. The van der Waals surface area contributed by atoms with Crippen molar-refractivity contribution in [2.45, 2.75) is 37.8 Å². The van der Waals surface area contributed by atoms with Crippen molar-refractivity contribution >= 4 is 41.3 Å². The van der Waals surface area contributed by atoms with Gasteiger partial charge >= 0.3 is 0 Å². The Kier molecular flexibility index (Phi) is 6.03. The highest BCUT2D eigenvalue weighted by atomic mass is 35.5. The second kappa shape index (κ2) is 7.62. The molecule has 7 heteroatoms. The van der Waals surface area contributed by atoms with Crippen molar-refractivity contribution in [2.24, 2.45) is 5.73 Å². The molecule has 0 unspecified atom stereocenters. The average molecular weight is 372 g/mol. The summed E-state index contributed by atoms with van der Waals surface area (Å²) in [4.78, 5) is 16.8. The van der Waals surface area contributed by atoms with Gasteiger partial charge in [-0.1, -0.05) is 36.6 Å². The Hall–Kier alpha value is -1.14. The fourth-order valence-corrected chi connectivity index (χ4v) is 3.89. The number of nitrogens with one attached hydrogen (secondary N) is 1. The normalized spacial score (nSPS) is 15.9. The lowest BCUT2D eigenvalue weighted by Gasteiger charge is -2.31. The Balaban J connectivity index is 0.00000192. The van der Waals surface area contributed by atoms with E-state index in [2.05, 4.69) is 10.3 Å². The molecule has 0 spiro atoms. The predicted octanol–water partition coefficient (Wildman–Crippen LogP) is 3.88. The van der Waals surface area contributed by atoms with Gasteiger partial charge in [0.25, 0.3) is 5.91 Å². The van der Waals surface area contributed by atoms with Crippen molar-refractivity contribution in [2.75, 3.05) is 0 Å². The Bertz CT molecular complexity index is 683. The third-order valence-corrected chi connectivity index (χ3v) is 5.25. The monoisotopic (exact) mass is 371 g/mol. The van der Waals surface area contributed by atoms with Crippen molar-refractivity contribution in [1.82, 2.24) is 10.3 Å². The fourth-order valence-electron chi connectivity index (χ4n) is 3.04. The summed E-state index contributed by atoms with van der Waals surface area (Å²) in [5, 5.41) is 6.42. The minimum atomic E-state index is -0.339. The molecule has 0 radical (unpaired) electrons. The highest BCUT2D eigenvalue weighted by molar-refractivity contribution is 7.09. The smallest absolute Gasteiger partial charge is 0.271 e. The Labute approximate surface area is 150 Å². The number of nitrogens with zero attached hydrogens (tertiary/aromatic N) is 1. The van der Waals surface area contributed by atoms with E-state index < -0.39 is 0 Å². The summed E-state index contributed by atoms with van der Waals surface area (Å²) in [6.45, 7) is 0.359. The van der Waals surface area contributed by atoms with Crippen LogP contribution in [-0.2, 0) is 12.1 Å². The van der Waals surface area contributed by atoms with Crippen molar-refractivity contribution in [3.05, 3.63) is 50.9 Å². The number of carbonyl (C=O) groups is 1. The number of aromatic nitrogens is 1. The van der Waals surface area contributed by atoms with Crippen LogP contribution in [-0.4, -0.2) is 10.9 Å². The Morgan fingerprint density at radius 2 is 2.13 bits per heavy atom. The summed E-state index contributed by atoms with van der Waals surface area (Å²) in [5.41, 5.74) is 6.74. The summed E-state index contributed by atoms with van der Waals surface area (Å²) in [6.07, 6.45) is 4.04. The van der Waals surface area contributed by atoms with Crippen molar-refractivity contribution in [3.63, 3.8) is 0 Å². The van der Waals surface area contributed by atoms with Gasteiger partial charge in [-0.3, -0.25) is 4.79 Å². The van der Waals surface area contributed by atoms with Crippen LogP contribution in [0.3, 0.4) is 0 Å². The number of amides is 1. The van der Waals surface area contributed by atoms with Crippen LogP contribution < -0.4 is 11.1 Å². The van der Waals surface area contributed by atoms with Gasteiger partial charge in [0.05, 0.1) is 5.54 Å². The first-order valence-electron chi connectivity index (χ1n) is 7.36. The largest absolute Gasteiger partial charge is 0.341 e. The van der Waals surface area contributed by atoms with Gasteiger partial charge < -0.3 is 11.1 Å². The van der Waals surface area contributed by atoms with E-state index in [4.69, 9.17) is 17.3 Å². The number of hydrogen-bond acceptors (Lipinski definition) is 4. The van der Waals surface area contributed by atoms with Crippen LogP contribution in [0.2, 0.25) is 5.02 Å². The molecule has 1 heterocycles. The number of rotatable bonds is 4. The molecular weight excluding hydrogens is 353 g/mol. The number of hydrogen-bond donors (Lipinski definition) is 2. The van der Waals surface area contributed by atoms with E-state index in [1.807, 2.05) is 24.3 Å². The van der Waals surface area contributed by atoms with Crippen molar-refractivity contribution < 1.29 is 4.79 Å². The van der Waals surface area contributed by atoms with Gasteiger partial charge in [-0.05, 0) is 30.5 Å². The van der Waals surface area contributed by atoms with Crippen LogP contribution >= 0.6 is 35.3 Å². The van der Waals surface area contributed by atoms with Crippen molar-refractivity contribution in [1.29, 1.82) is 0 Å². The maximum atomic E-state index is 12.6. The third kappa shape index (κ3) is 3.86. The van der Waals surface area contributed by atoms with Crippen LogP contribution in [0.5, 0.6) is 0 Å². The predicted molar refractivity (Wildman–Crippen MR) is 96.3 cm³/mol. The maximum absolute atomic E-state index is 12.6. The van der Waals surface area contributed by atoms with Gasteiger partial charge in [0.15, 0.2) is 0 Å². The first-order valence-corrected chi connectivity index (χ1v) is 8.62. The molecule has 1 amide bonds. The summed E-state index contributed by atoms with van der Waals surface area (Å²) in [5.74, 6) is -0.141. The molecule has 3 rings (SSSR count). The molecule has 0 aliphatic heterocycles. The number of halogens is 2. The number of benzene rings is 1. The molecule has 0 atom stereocenters. The first kappa shape index (κ1) is 18.2. The van der Waals surface area contributed by atoms with Crippen LogP contribution in [0.25, 0.3) is 0 Å². The number of carbonyl (C=O) groups excluding carboxylic acids is 1. The number of nitrogens with two attached hydrogens (primary N) is 1. The second-order valence-electron chi connectivity index (χ2n) is 5.58. The summed E-state index contributed by atoms with van der Waals surface area (Å²) in [6, 6.07) is 7.76. The highest BCUT2D eigenvalue weighted by Gasteiger charge is 2.37. The van der Waals surface area contributed by atoms with E-state index in [9.17, 15) is 4.79 Å². The van der Waals surface area contributed by atoms with E-state index in [0.717, 1.165) is 36.3 Å². The van der Waals surface area contributed by atoms with Crippen LogP contribution in [0.4, 0.5) is 0 Å². The zero-order valence-corrected chi connectivity index (χ0v) is 14.9. The molecule has 2 aromatic rings. The van der Waals surface area contributed by atoms with Crippen LogP contribution in [0, 0.1) is 0 Å². The average Bonchev–Trinajstić information content (AvgIpc) is 3.17. The second-order valence-corrected chi connectivity index (χ2v) is 6.96. The molecule has 0 bridgehead atoms. The zero-order chi connectivity index (χ0) is 15.6. The lowest BCUT2D eigenvalue weighted by atomic mass is 9.88. The van der Waals surface area contributed by atoms with Gasteiger partial charge in [-0.2, -0.15) is 0 Å². The van der Waals surface area contributed by atoms with E-state index in [1.165, 1.54) is 11.3 Å². The zero-order valence-electron chi connectivity index (χ0n) is 12.5. The van der Waals surface area contributed by atoms with Crippen LogP contribution in [0.1, 0.15) is 46.7 Å². The summed E-state index contributed by atoms with van der Waals surface area (Å²) in [7, 11) is 0. The van der Waals surface area contributed by atoms with Gasteiger partial charge in [0.1, 0.15) is 10.7 Å². The molecule has 3 N–H and O–H groups in total. The molecule has 23 heavy (non-hydrogen) atoms. The van der Waals surface area contributed by atoms with E-state index >= 15 is 0 Å². The van der Waals surface area contributed by atoms with Crippen LogP contribution in [0.15, 0.2) is 29.6 Å². The molecule has 1 aliphatic carbocycles. The van der Waals surface area contributed by atoms with Gasteiger partial charge in [-0.25, -0.2) is 4.98 Å². The van der Waals surface area contributed by atoms with Gasteiger partial charge in [-0.15, -0.1) is 23.7 Å². The molecule has 124 valence electrons. The number of thiazole rings is 1. The minimum absolute atomic E-state index is 0. The SMILES string of the molecule is Cl.NCc1nc(C(=O)NC2(c3cccc(Cl)c3)CCCC2)cs1. The van der Waals surface area contributed by atoms with Gasteiger partial charge in [0.2, 0.25) is 0 Å². The van der Waals surface area contributed by atoms with Crippen molar-refractivity contribution in [3.8, 4) is 0 Å². The third-order valence-electron chi connectivity index (χ3n) is 4.15. The molecule has 1 aromatic heterocycles. The maximum Gasteiger partial charge on any atom is 0.271 e. The molecule has 0 saturated heterocycles. The Morgan fingerprint density at radius 3 is 2.74 bits per heavy atom. The molecule has 4 nitrogen and oxygen atoms in total. The summed E-state index contributed by atoms with van der Waals surface area (Å²) < 4.78 is 0. The first-order chi connectivity index (χ1) is 10.6. The molecule has 1 aliphatic rings. The van der Waals surface area contributed by atoms with E-state index in [1.54, 1.807) is 5.38 Å². The van der Waals surface area contributed by atoms with E-state index in [-0.39, 0.29) is 23.9 Å². The molecule has 1 fully saturated rings. The molecular formula is C16H19Cl2N3OS. The Morgan fingerprint density at radius 1 is 1.39 bits per heavy atom. The highest BCUT2D eigenvalue weighted by Crippen LogP contribution is 2.39. The molecule has 1 aromatic carbocycles. The quantitative estimate of drug-likeness (QED) is 0.856. The minimum Gasteiger partial charge on any atom is -0.341 e. The summed E-state index contributed by atoms with van der Waals surface area (Å²) >= 11 is 7.54. The molecule has 1 saturated carbocycles. The van der Waals surface area contributed by atoms with E-state index in [0.29, 0.717) is 17.3 Å².